The second-order valence-corrected chi connectivity index (χ2v) is 11.6. The normalized spacial score (nSPS) is 16.9. The van der Waals surface area contributed by atoms with E-state index in [4.69, 9.17) is 14.7 Å². The maximum Gasteiger partial charge on any atom is 0.314 e. The molecular weight excluding hydrogens is 530 g/mol. The summed E-state index contributed by atoms with van der Waals surface area (Å²) in [7, 11) is 0. The maximum atomic E-state index is 11.4. The van der Waals surface area contributed by atoms with Gasteiger partial charge in [-0.3, -0.25) is 0 Å². The van der Waals surface area contributed by atoms with E-state index in [9.17, 15) is 5.11 Å². The van der Waals surface area contributed by atoms with Crippen molar-refractivity contribution in [1.29, 1.82) is 0 Å². The third-order valence-corrected chi connectivity index (χ3v) is 8.27. The van der Waals surface area contributed by atoms with E-state index in [-0.39, 0.29) is 6.02 Å². The topological polar surface area (TPSA) is 57.4 Å². The molecule has 0 fully saturated rings. The minimum Gasteiger partial charge on any atom is -0.493 e. The summed E-state index contributed by atoms with van der Waals surface area (Å²) in [6.07, 6.45) is 7.14. The monoisotopic (exact) mass is 573 g/mol. The Balaban J connectivity index is 1.70. The lowest BCUT2D eigenvalue weighted by Crippen LogP contribution is -2.59. The van der Waals surface area contributed by atoms with Gasteiger partial charge in [0.15, 0.2) is 5.66 Å². The Morgan fingerprint density at radius 3 is 2.00 bits per heavy atom. The van der Waals surface area contributed by atoms with E-state index in [2.05, 4.69) is 68.1 Å². The largest absolute Gasteiger partial charge is 0.493 e. The van der Waals surface area contributed by atoms with Gasteiger partial charge >= 0.3 is 6.02 Å². The molecule has 1 N–H and O–H groups in total. The summed E-state index contributed by atoms with van der Waals surface area (Å²) in [5, 5.41) is 11.4. The average molecular weight is 574 g/mol. The smallest absolute Gasteiger partial charge is 0.314 e. The summed E-state index contributed by atoms with van der Waals surface area (Å²) < 4.78 is 6.57. The molecule has 43 heavy (non-hydrogen) atoms. The van der Waals surface area contributed by atoms with Gasteiger partial charge < -0.3 is 14.7 Å². The fourth-order valence-corrected chi connectivity index (χ4v) is 6.09. The van der Waals surface area contributed by atoms with Crippen molar-refractivity contribution in [3.05, 3.63) is 138 Å². The molecule has 0 aromatic heterocycles. The van der Waals surface area contributed by atoms with Gasteiger partial charge in [0, 0.05) is 16.7 Å². The van der Waals surface area contributed by atoms with Gasteiger partial charge in [-0.05, 0) is 31.9 Å². The van der Waals surface area contributed by atoms with E-state index in [0.717, 1.165) is 40.8 Å². The van der Waals surface area contributed by atoms with Crippen LogP contribution in [0.15, 0.2) is 125 Å². The Kier molecular flexibility index (Phi) is 9.61. The number of hydrogen-bond acceptors (Lipinski definition) is 4. The van der Waals surface area contributed by atoms with Gasteiger partial charge in [0.1, 0.15) is 11.6 Å². The van der Waals surface area contributed by atoms with E-state index in [1.54, 1.807) is 0 Å². The number of ether oxygens (including phenoxy) is 1. The summed E-state index contributed by atoms with van der Waals surface area (Å²) in [6.45, 7) is 7.24. The number of nitrogens with zero attached hydrogens (tertiary/aromatic N) is 3. The molecule has 5 heteroatoms. The summed E-state index contributed by atoms with van der Waals surface area (Å²) in [6, 6.07) is 38.5. The lowest BCUT2D eigenvalue weighted by molar-refractivity contribution is 0.0933. The molecule has 0 radical (unpaired) electrons. The lowest BCUT2D eigenvalue weighted by atomic mass is 9.81. The quantitative estimate of drug-likeness (QED) is 0.162. The van der Waals surface area contributed by atoms with Crippen LogP contribution in [0.25, 0.3) is 0 Å². The van der Waals surface area contributed by atoms with Crippen LogP contribution in [0.1, 0.15) is 81.5 Å². The van der Waals surface area contributed by atoms with Crippen molar-refractivity contribution in [2.45, 2.75) is 70.5 Å². The number of benzene rings is 4. The van der Waals surface area contributed by atoms with Crippen LogP contribution in [0.2, 0.25) is 0 Å². The van der Waals surface area contributed by atoms with E-state index in [1.165, 1.54) is 25.7 Å². The fraction of sp³-hybridized carbons (Fsp3) is 0.316. The fourth-order valence-electron chi connectivity index (χ4n) is 6.09. The standard InChI is InChI=1S/C38H43N3O2/c1-4-5-6-7-8-20-29-43-34-28-19-18-27-33(34)38(32-25-16-11-17-26-32)40-36(42)39-35(30-21-12-9-13-22-30)41(38)37(2,3)31-23-14-10-15-24-31/h9-19,21-28H,4-8,20,29H2,1-3H3,(H,40,42). The molecule has 0 amide bonds. The first-order valence-corrected chi connectivity index (χ1v) is 15.5. The second-order valence-electron chi connectivity index (χ2n) is 11.6. The highest BCUT2D eigenvalue weighted by Crippen LogP contribution is 2.50. The van der Waals surface area contributed by atoms with Crippen LogP contribution in [0.3, 0.4) is 0 Å². The molecule has 5 nitrogen and oxygen atoms in total. The molecule has 0 saturated carbocycles. The van der Waals surface area contributed by atoms with Crippen molar-refractivity contribution in [1.82, 2.24) is 4.90 Å². The number of aliphatic hydroxyl groups excluding tert-OH is 1. The minimum atomic E-state index is -1.19. The predicted molar refractivity (Wildman–Crippen MR) is 177 cm³/mol. The zero-order chi connectivity index (χ0) is 30.1. The van der Waals surface area contributed by atoms with Crippen molar-refractivity contribution in [2.75, 3.05) is 6.61 Å². The number of unbranched alkanes of at least 4 members (excludes halogenated alkanes) is 5. The number of aliphatic imine (C=N–C) groups is 2. The summed E-state index contributed by atoms with van der Waals surface area (Å²) >= 11 is 0. The molecular formula is C38H43N3O2. The van der Waals surface area contributed by atoms with Gasteiger partial charge in [0.05, 0.1) is 12.1 Å². The number of aliphatic hydroxyl groups is 1. The number of amidine groups is 2. The second kappa shape index (κ2) is 13.7. The van der Waals surface area contributed by atoms with E-state index in [0.29, 0.717) is 12.4 Å². The van der Waals surface area contributed by atoms with Crippen LogP contribution in [0.5, 0.6) is 5.75 Å². The zero-order valence-electron chi connectivity index (χ0n) is 25.6. The van der Waals surface area contributed by atoms with Crippen molar-refractivity contribution < 1.29 is 9.84 Å². The molecule has 5 rings (SSSR count). The van der Waals surface area contributed by atoms with E-state index < -0.39 is 11.2 Å². The van der Waals surface area contributed by atoms with E-state index in [1.807, 2.05) is 72.8 Å². The summed E-state index contributed by atoms with van der Waals surface area (Å²) in [5.41, 5.74) is 1.94. The molecule has 0 saturated heterocycles. The van der Waals surface area contributed by atoms with Crippen LogP contribution in [0.4, 0.5) is 0 Å². The molecule has 0 aliphatic carbocycles. The van der Waals surface area contributed by atoms with Crippen molar-refractivity contribution in [2.24, 2.45) is 9.98 Å². The molecule has 4 aromatic carbocycles. The number of hydrogen-bond donors (Lipinski definition) is 1. The van der Waals surface area contributed by atoms with Crippen LogP contribution in [-0.2, 0) is 11.2 Å². The van der Waals surface area contributed by atoms with Gasteiger partial charge in [-0.2, -0.15) is 9.98 Å². The molecule has 0 spiro atoms. The molecule has 1 aliphatic heterocycles. The Morgan fingerprint density at radius 1 is 0.721 bits per heavy atom. The third-order valence-electron chi connectivity index (χ3n) is 8.27. The van der Waals surface area contributed by atoms with Gasteiger partial charge in [0.25, 0.3) is 0 Å². The van der Waals surface area contributed by atoms with E-state index >= 15 is 0 Å². The third kappa shape index (κ3) is 6.36. The van der Waals surface area contributed by atoms with Gasteiger partial charge in [-0.25, -0.2) is 0 Å². The highest BCUT2D eigenvalue weighted by Gasteiger charge is 2.53. The predicted octanol–water partition coefficient (Wildman–Crippen LogP) is 9.24. The summed E-state index contributed by atoms with van der Waals surface area (Å²) in [5.74, 6) is 1.39. The first-order chi connectivity index (χ1) is 21.0. The Bertz CT molecular complexity index is 1520. The molecule has 1 unspecified atom stereocenters. The van der Waals surface area contributed by atoms with Gasteiger partial charge in [0.2, 0.25) is 0 Å². The van der Waals surface area contributed by atoms with Crippen molar-refractivity contribution in [3.63, 3.8) is 0 Å². The Hall–Kier alpha value is -4.38. The Morgan fingerprint density at radius 2 is 1.30 bits per heavy atom. The summed E-state index contributed by atoms with van der Waals surface area (Å²) in [4.78, 5) is 12.0. The van der Waals surface area contributed by atoms with Crippen LogP contribution in [-0.4, -0.2) is 28.5 Å². The zero-order valence-corrected chi connectivity index (χ0v) is 25.6. The van der Waals surface area contributed by atoms with Gasteiger partial charge in [-0.1, -0.05) is 148 Å². The molecule has 4 aromatic rings. The van der Waals surface area contributed by atoms with Crippen LogP contribution < -0.4 is 4.74 Å². The minimum absolute atomic E-state index is 0.270. The molecule has 1 aliphatic rings. The number of rotatable bonds is 13. The highest BCUT2D eigenvalue weighted by molar-refractivity contribution is 6.07. The SMILES string of the molecule is CCCCCCCCOc1ccccc1C1(c2ccccc2)N=C(O)N=C(c2ccccc2)N1C(C)(C)c1ccccc1. The number of para-hydroxylation sites is 1. The van der Waals surface area contributed by atoms with Crippen LogP contribution >= 0.6 is 0 Å². The van der Waals surface area contributed by atoms with Gasteiger partial charge in [-0.15, -0.1) is 0 Å². The van der Waals surface area contributed by atoms with Crippen molar-refractivity contribution in [3.8, 4) is 5.75 Å². The van der Waals surface area contributed by atoms with Crippen molar-refractivity contribution >= 4 is 11.9 Å². The molecule has 222 valence electrons. The molecule has 0 bridgehead atoms. The van der Waals surface area contributed by atoms with Crippen LogP contribution in [0, 0.1) is 0 Å². The maximum absolute atomic E-state index is 11.4. The Labute approximate surface area is 256 Å². The first-order valence-electron chi connectivity index (χ1n) is 15.5. The first kappa shape index (κ1) is 30.1. The lowest BCUT2D eigenvalue weighted by Gasteiger charge is -2.53. The molecule has 1 heterocycles. The molecule has 1 atom stereocenters. The highest BCUT2D eigenvalue weighted by atomic mass is 16.5. The average Bonchev–Trinajstić information content (AvgIpc) is 3.05.